The summed E-state index contributed by atoms with van der Waals surface area (Å²) in [6, 6.07) is 23.6. The molecule has 1 fully saturated rings. The molecule has 44 heavy (non-hydrogen) atoms. The van der Waals surface area contributed by atoms with Crippen LogP contribution in [0.25, 0.3) is 0 Å². The van der Waals surface area contributed by atoms with Gasteiger partial charge >= 0.3 is 6.03 Å². The van der Waals surface area contributed by atoms with Crippen LogP contribution in [0, 0.1) is 13.8 Å². The smallest absolute Gasteiger partial charge is 0.326 e. The number of rotatable bonds is 6. The monoisotopic (exact) mass is 594 g/mol. The van der Waals surface area contributed by atoms with Crippen LogP contribution >= 0.6 is 0 Å². The van der Waals surface area contributed by atoms with Crippen molar-refractivity contribution in [1.82, 2.24) is 14.7 Å². The van der Waals surface area contributed by atoms with E-state index < -0.39 is 11.1 Å². The number of nitrogens with zero attached hydrogens (tertiary/aromatic N) is 4. The summed E-state index contributed by atoms with van der Waals surface area (Å²) in [5, 5.41) is 0. The van der Waals surface area contributed by atoms with Crippen molar-refractivity contribution in [3.63, 3.8) is 0 Å². The number of hydrogen-bond donors (Lipinski definition) is 0. The molecule has 2 heterocycles. The zero-order valence-corrected chi connectivity index (χ0v) is 28.2. The third-order valence-electron chi connectivity index (χ3n) is 9.83. The van der Waals surface area contributed by atoms with Crippen molar-refractivity contribution in [3.8, 4) is 5.75 Å². The fraction of sp³-hybridized carbons (Fsp3) is 0.474. The van der Waals surface area contributed by atoms with Crippen molar-refractivity contribution in [2.45, 2.75) is 78.8 Å². The number of aliphatic imine (C=N–C) groups is 1. The fourth-order valence-corrected chi connectivity index (χ4v) is 6.62. The van der Waals surface area contributed by atoms with Gasteiger partial charge in [-0.1, -0.05) is 93.4 Å². The summed E-state index contributed by atoms with van der Waals surface area (Å²) >= 11 is 0. The Hall–Kier alpha value is -3.64. The molecule has 0 radical (unpaired) electrons. The van der Waals surface area contributed by atoms with Gasteiger partial charge in [-0.25, -0.2) is 4.79 Å². The molecule has 2 atom stereocenters. The quantitative estimate of drug-likeness (QED) is 0.295. The number of carbonyl (C=O) groups is 1. The second kappa shape index (κ2) is 12.0. The maximum atomic E-state index is 15.0. The average molecular weight is 595 g/mol. The van der Waals surface area contributed by atoms with Crippen LogP contribution in [-0.2, 0) is 16.5 Å². The number of benzene rings is 3. The molecule has 1 saturated heterocycles. The van der Waals surface area contributed by atoms with Crippen molar-refractivity contribution in [2.75, 3.05) is 39.3 Å². The average Bonchev–Trinajstić information content (AvgIpc) is 3.25. The summed E-state index contributed by atoms with van der Waals surface area (Å²) in [7, 11) is 0. The van der Waals surface area contributed by atoms with E-state index in [9.17, 15) is 0 Å². The van der Waals surface area contributed by atoms with Crippen molar-refractivity contribution in [3.05, 3.63) is 100 Å². The number of likely N-dealkylation sites (N-methyl/N-ethyl adjacent to an activating group) is 1. The maximum absolute atomic E-state index is 15.0. The number of ether oxygens (including phenoxy) is 1. The summed E-state index contributed by atoms with van der Waals surface area (Å²) in [5.41, 5.74) is 4.86. The minimum Gasteiger partial charge on any atom is -0.493 e. The van der Waals surface area contributed by atoms with Gasteiger partial charge in [0.1, 0.15) is 22.7 Å². The second-order valence-electron chi connectivity index (χ2n) is 13.7. The number of hydrogen-bond acceptors (Lipinski definition) is 4. The highest BCUT2D eigenvalue weighted by molar-refractivity contribution is 6.11. The summed E-state index contributed by atoms with van der Waals surface area (Å²) < 4.78 is 6.33. The first kappa shape index (κ1) is 31.8. The largest absolute Gasteiger partial charge is 0.493 e. The molecule has 0 aliphatic carbocycles. The van der Waals surface area contributed by atoms with Gasteiger partial charge in [0.25, 0.3) is 0 Å². The summed E-state index contributed by atoms with van der Waals surface area (Å²) in [6.45, 7) is 24.0. The summed E-state index contributed by atoms with van der Waals surface area (Å²) in [4.78, 5) is 27.0. The first-order valence-corrected chi connectivity index (χ1v) is 16.2. The highest BCUT2D eigenvalue weighted by atomic mass is 16.5. The SMILES string of the molecule is CCOc1cc(C(C)(C)C)ccc1C1=NC(C)(c2ccc(C)cc2)C(C)(c2ccc(C)cc2)N1C(=O)N1CCN(CC)CC1. The molecular formula is C38H50N4O2. The fourth-order valence-electron chi connectivity index (χ4n) is 6.62. The molecule has 0 N–H and O–H groups in total. The molecule has 0 bridgehead atoms. The first-order valence-electron chi connectivity index (χ1n) is 16.2. The minimum absolute atomic E-state index is 0.0132. The Labute approximate surface area is 264 Å². The Balaban J connectivity index is 1.77. The Bertz CT molecular complexity index is 1510. The van der Waals surface area contributed by atoms with Gasteiger partial charge in [-0.05, 0) is 75.4 Å². The van der Waals surface area contributed by atoms with Crippen LogP contribution in [0.3, 0.4) is 0 Å². The van der Waals surface area contributed by atoms with Crippen LogP contribution in [0.15, 0.2) is 71.7 Å². The standard InChI is InChI=1S/C38H50N4O2/c1-10-40-22-24-41(25-23-40)35(43)42-34(32-21-20-31(36(5,6)7)26-33(32)44-11-2)39-37(8,29-16-12-27(3)13-17-29)38(42,9)30-18-14-28(4)15-19-30/h12-21,26H,10-11,22-25H2,1-9H3. The molecular weight excluding hydrogens is 544 g/mol. The van der Waals surface area contributed by atoms with E-state index in [2.05, 4.69) is 127 Å². The Morgan fingerprint density at radius 3 is 1.93 bits per heavy atom. The zero-order valence-electron chi connectivity index (χ0n) is 28.2. The first-order chi connectivity index (χ1) is 20.8. The van der Waals surface area contributed by atoms with E-state index in [0.717, 1.165) is 42.1 Å². The lowest BCUT2D eigenvalue weighted by atomic mass is 9.70. The van der Waals surface area contributed by atoms with Gasteiger partial charge in [-0.2, -0.15) is 0 Å². The van der Waals surface area contributed by atoms with Crippen molar-refractivity contribution < 1.29 is 9.53 Å². The summed E-state index contributed by atoms with van der Waals surface area (Å²) in [6.07, 6.45) is 0. The van der Waals surface area contributed by atoms with Gasteiger partial charge < -0.3 is 14.5 Å². The molecule has 0 saturated carbocycles. The van der Waals surface area contributed by atoms with E-state index in [1.807, 2.05) is 16.7 Å². The molecule has 5 rings (SSSR count). The van der Waals surface area contributed by atoms with Crippen LogP contribution in [0.1, 0.15) is 81.8 Å². The molecule has 6 nitrogen and oxygen atoms in total. The van der Waals surface area contributed by atoms with E-state index in [-0.39, 0.29) is 11.4 Å². The van der Waals surface area contributed by atoms with Crippen molar-refractivity contribution >= 4 is 11.9 Å². The molecule has 2 aliphatic heterocycles. The third-order valence-corrected chi connectivity index (χ3v) is 9.83. The second-order valence-corrected chi connectivity index (χ2v) is 13.7. The molecule has 3 aromatic carbocycles. The Morgan fingerprint density at radius 1 is 0.841 bits per heavy atom. The van der Waals surface area contributed by atoms with Gasteiger partial charge in [-0.15, -0.1) is 0 Å². The van der Waals surface area contributed by atoms with Gasteiger partial charge in [-0.3, -0.25) is 9.89 Å². The van der Waals surface area contributed by atoms with Crippen molar-refractivity contribution in [2.24, 2.45) is 4.99 Å². The van der Waals surface area contributed by atoms with Crippen LogP contribution in [0.5, 0.6) is 5.75 Å². The zero-order chi connectivity index (χ0) is 31.9. The Kier molecular flexibility index (Phi) is 8.69. The normalized spacial score (nSPS) is 22.7. The van der Waals surface area contributed by atoms with Crippen LogP contribution < -0.4 is 4.74 Å². The lowest BCUT2D eigenvalue weighted by molar-refractivity contribution is 0.0879. The maximum Gasteiger partial charge on any atom is 0.326 e. The highest BCUT2D eigenvalue weighted by Crippen LogP contribution is 2.54. The van der Waals surface area contributed by atoms with E-state index >= 15 is 4.79 Å². The van der Waals surface area contributed by atoms with E-state index in [4.69, 9.17) is 9.73 Å². The molecule has 3 aromatic rings. The van der Waals surface area contributed by atoms with E-state index in [0.29, 0.717) is 25.5 Å². The topological polar surface area (TPSA) is 48.4 Å². The van der Waals surface area contributed by atoms with Gasteiger partial charge in [0.15, 0.2) is 0 Å². The lowest BCUT2D eigenvalue weighted by Crippen LogP contribution is -2.60. The van der Waals surface area contributed by atoms with Crippen molar-refractivity contribution in [1.29, 1.82) is 0 Å². The molecule has 234 valence electrons. The molecule has 2 amide bonds. The predicted molar refractivity (Wildman–Crippen MR) is 181 cm³/mol. The number of amidine groups is 1. The Morgan fingerprint density at radius 2 is 1.41 bits per heavy atom. The summed E-state index contributed by atoms with van der Waals surface area (Å²) in [5.74, 6) is 1.41. The van der Waals surface area contributed by atoms with Crippen LogP contribution in [0.4, 0.5) is 4.79 Å². The van der Waals surface area contributed by atoms with E-state index in [1.54, 1.807) is 0 Å². The molecule has 0 spiro atoms. The predicted octanol–water partition coefficient (Wildman–Crippen LogP) is 7.65. The van der Waals surface area contributed by atoms with Gasteiger partial charge in [0, 0.05) is 26.2 Å². The molecule has 6 heteroatoms. The van der Waals surface area contributed by atoms with Crippen LogP contribution in [0.2, 0.25) is 0 Å². The highest BCUT2D eigenvalue weighted by Gasteiger charge is 2.60. The number of carbonyl (C=O) groups excluding carboxylic acids is 1. The minimum atomic E-state index is -0.823. The lowest BCUT2D eigenvalue weighted by Gasteiger charge is -2.47. The number of aryl methyl sites for hydroxylation is 2. The molecule has 2 unspecified atom stereocenters. The molecule has 0 aromatic heterocycles. The number of piperazine rings is 1. The van der Waals surface area contributed by atoms with Crippen LogP contribution in [-0.4, -0.2) is 65.9 Å². The van der Waals surface area contributed by atoms with Gasteiger partial charge in [0.05, 0.1) is 12.2 Å². The van der Waals surface area contributed by atoms with Gasteiger partial charge in [0.2, 0.25) is 0 Å². The number of amides is 2. The molecule has 2 aliphatic rings. The number of urea groups is 1. The van der Waals surface area contributed by atoms with E-state index in [1.165, 1.54) is 16.7 Å². The third kappa shape index (κ3) is 5.53.